The number of aromatic nitrogens is 1. The maximum absolute atomic E-state index is 5.77. The monoisotopic (exact) mass is 251 g/mol. The van der Waals surface area contributed by atoms with Gasteiger partial charge in [-0.05, 0) is 44.6 Å². The molecule has 4 heteroatoms. The van der Waals surface area contributed by atoms with Gasteiger partial charge in [-0.3, -0.25) is 0 Å². The second kappa shape index (κ2) is 5.63. The molecule has 1 aromatic heterocycles. The van der Waals surface area contributed by atoms with E-state index < -0.39 is 0 Å². The SMILES string of the molecule is CSC1CCCC(Nc2ccc(N)c(C)n2)C1. The lowest BCUT2D eigenvalue weighted by atomic mass is 9.95. The standard InChI is InChI=1S/C13H21N3S/c1-9-12(14)6-7-13(15-9)16-10-4-3-5-11(8-10)17-2/h6-7,10-11H,3-5,8,14H2,1-2H3,(H,15,16). The van der Waals surface area contributed by atoms with E-state index in [0.717, 1.165) is 22.4 Å². The Morgan fingerprint density at radius 1 is 1.41 bits per heavy atom. The molecule has 1 saturated carbocycles. The number of pyridine rings is 1. The van der Waals surface area contributed by atoms with Crippen molar-refractivity contribution in [2.24, 2.45) is 0 Å². The molecule has 0 bridgehead atoms. The van der Waals surface area contributed by atoms with Gasteiger partial charge in [-0.25, -0.2) is 4.98 Å². The number of nitrogens with zero attached hydrogens (tertiary/aromatic N) is 1. The third-order valence-corrected chi connectivity index (χ3v) is 4.53. The Hall–Kier alpha value is -0.900. The number of rotatable bonds is 3. The molecule has 1 aromatic rings. The van der Waals surface area contributed by atoms with Crippen LogP contribution in [-0.4, -0.2) is 22.5 Å². The number of nitrogens with two attached hydrogens (primary N) is 1. The van der Waals surface area contributed by atoms with Crippen LogP contribution in [0.4, 0.5) is 11.5 Å². The van der Waals surface area contributed by atoms with Gasteiger partial charge in [-0.1, -0.05) is 6.42 Å². The first-order valence-electron chi connectivity index (χ1n) is 6.21. The van der Waals surface area contributed by atoms with E-state index in [1.165, 1.54) is 25.7 Å². The largest absolute Gasteiger partial charge is 0.397 e. The van der Waals surface area contributed by atoms with Gasteiger partial charge in [0.15, 0.2) is 0 Å². The van der Waals surface area contributed by atoms with Gasteiger partial charge in [0.05, 0.1) is 11.4 Å². The van der Waals surface area contributed by atoms with E-state index in [1.54, 1.807) is 0 Å². The normalized spacial score (nSPS) is 24.6. The number of aryl methyl sites for hydroxylation is 1. The van der Waals surface area contributed by atoms with Crippen LogP contribution in [0, 0.1) is 6.92 Å². The van der Waals surface area contributed by atoms with Gasteiger partial charge in [-0.2, -0.15) is 11.8 Å². The molecule has 0 radical (unpaired) electrons. The van der Waals surface area contributed by atoms with E-state index in [4.69, 9.17) is 5.73 Å². The lowest BCUT2D eigenvalue weighted by Crippen LogP contribution is -2.28. The van der Waals surface area contributed by atoms with Crippen LogP contribution in [0.5, 0.6) is 0 Å². The van der Waals surface area contributed by atoms with E-state index in [0.29, 0.717) is 6.04 Å². The third kappa shape index (κ3) is 3.28. The van der Waals surface area contributed by atoms with Gasteiger partial charge in [0.1, 0.15) is 5.82 Å². The fourth-order valence-corrected chi connectivity index (χ4v) is 3.18. The molecule has 1 fully saturated rings. The van der Waals surface area contributed by atoms with Gasteiger partial charge in [0, 0.05) is 11.3 Å². The summed E-state index contributed by atoms with van der Waals surface area (Å²) in [5.41, 5.74) is 7.45. The van der Waals surface area contributed by atoms with E-state index >= 15 is 0 Å². The summed E-state index contributed by atoms with van der Waals surface area (Å²) in [4.78, 5) is 4.47. The molecule has 1 aliphatic rings. The quantitative estimate of drug-likeness (QED) is 0.867. The molecule has 0 aliphatic heterocycles. The van der Waals surface area contributed by atoms with Crippen LogP contribution < -0.4 is 11.1 Å². The number of nitrogens with one attached hydrogen (secondary N) is 1. The lowest BCUT2D eigenvalue weighted by Gasteiger charge is -2.29. The van der Waals surface area contributed by atoms with E-state index in [9.17, 15) is 0 Å². The molecule has 94 valence electrons. The number of hydrogen-bond acceptors (Lipinski definition) is 4. The Labute approximate surface area is 108 Å². The summed E-state index contributed by atoms with van der Waals surface area (Å²) in [7, 11) is 0. The molecule has 2 rings (SSSR count). The summed E-state index contributed by atoms with van der Waals surface area (Å²) in [5, 5.41) is 4.34. The zero-order valence-corrected chi connectivity index (χ0v) is 11.4. The van der Waals surface area contributed by atoms with E-state index in [1.807, 2.05) is 30.8 Å². The third-order valence-electron chi connectivity index (χ3n) is 3.44. The maximum Gasteiger partial charge on any atom is 0.126 e. The van der Waals surface area contributed by atoms with Crippen molar-refractivity contribution in [3.63, 3.8) is 0 Å². The second-order valence-electron chi connectivity index (χ2n) is 4.74. The van der Waals surface area contributed by atoms with Gasteiger partial charge in [-0.15, -0.1) is 0 Å². The fraction of sp³-hybridized carbons (Fsp3) is 0.615. The Kier molecular flexibility index (Phi) is 4.15. The molecule has 1 heterocycles. The van der Waals surface area contributed by atoms with Crippen molar-refractivity contribution in [2.45, 2.75) is 43.9 Å². The molecule has 0 aromatic carbocycles. The lowest BCUT2D eigenvalue weighted by molar-refractivity contribution is 0.472. The minimum atomic E-state index is 0.566. The van der Waals surface area contributed by atoms with Crippen molar-refractivity contribution in [3.8, 4) is 0 Å². The number of hydrogen-bond donors (Lipinski definition) is 2. The molecule has 17 heavy (non-hydrogen) atoms. The van der Waals surface area contributed by atoms with Crippen LogP contribution in [0.1, 0.15) is 31.4 Å². The highest BCUT2D eigenvalue weighted by molar-refractivity contribution is 7.99. The molecule has 2 atom stereocenters. The van der Waals surface area contributed by atoms with Gasteiger partial charge in [0.2, 0.25) is 0 Å². The summed E-state index contributed by atoms with van der Waals surface area (Å²) in [5.74, 6) is 0.962. The summed E-state index contributed by atoms with van der Waals surface area (Å²) in [6.45, 7) is 1.95. The Balaban J connectivity index is 1.97. The van der Waals surface area contributed by atoms with E-state index in [2.05, 4.69) is 16.6 Å². The smallest absolute Gasteiger partial charge is 0.126 e. The topological polar surface area (TPSA) is 50.9 Å². The van der Waals surface area contributed by atoms with Crippen LogP contribution in [0.15, 0.2) is 12.1 Å². The molecule has 3 N–H and O–H groups in total. The predicted molar refractivity (Wildman–Crippen MR) is 76.6 cm³/mol. The highest BCUT2D eigenvalue weighted by Crippen LogP contribution is 2.28. The highest BCUT2D eigenvalue weighted by Gasteiger charge is 2.21. The summed E-state index contributed by atoms with van der Waals surface area (Å²) >= 11 is 1.99. The Morgan fingerprint density at radius 3 is 2.94 bits per heavy atom. The highest BCUT2D eigenvalue weighted by atomic mass is 32.2. The van der Waals surface area contributed by atoms with Crippen LogP contribution in [-0.2, 0) is 0 Å². The molecule has 3 nitrogen and oxygen atoms in total. The molecular weight excluding hydrogens is 230 g/mol. The fourth-order valence-electron chi connectivity index (χ4n) is 2.35. The first kappa shape index (κ1) is 12.6. The molecule has 0 saturated heterocycles. The van der Waals surface area contributed by atoms with Crippen molar-refractivity contribution < 1.29 is 0 Å². The average molecular weight is 251 g/mol. The van der Waals surface area contributed by atoms with Gasteiger partial charge >= 0.3 is 0 Å². The van der Waals surface area contributed by atoms with Crippen LogP contribution in [0.2, 0.25) is 0 Å². The van der Waals surface area contributed by atoms with Crippen molar-refractivity contribution in [1.82, 2.24) is 4.98 Å². The zero-order valence-electron chi connectivity index (χ0n) is 10.6. The zero-order chi connectivity index (χ0) is 12.3. The average Bonchev–Trinajstić information content (AvgIpc) is 2.34. The molecule has 0 amide bonds. The summed E-state index contributed by atoms with van der Waals surface area (Å²) in [6, 6.07) is 4.47. The number of nitrogen functional groups attached to an aromatic ring is 1. The molecule has 2 unspecified atom stereocenters. The van der Waals surface area contributed by atoms with Crippen molar-refractivity contribution >= 4 is 23.3 Å². The van der Waals surface area contributed by atoms with Crippen molar-refractivity contribution in [1.29, 1.82) is 0 Å². The Bertz CT molecular complexity index is 381. The molecular formula is C13H21N3S. The van der Waals surface area contributed by atoms with E-state index in [-0.39, 0.29) is 0 Å². The van der Waals surface area contributed by atoms with Crippen LogP contribution >= 0.6 is 11.8 Å². The minimum Gasteiger partial charge on any atom is -0.397 e. The van der Waals surface area contributed by atoms with Gasteiger partial charge in [0.25, 0.3) is 0 Å². The van der Waals surface area contributed by atoms with Crippen molar-refractivity contribution in [3.05, 3.63) is 17.8 Å². The summed E-state index contributed by atoms with van der Waals surface area (Å²) < 4.78 is 0. The predicted octanol–water partition coefficient (Wildman–Crippen LogP) is 3.06. The number of thioether (sulfide) groups is 1. The second-order valence-corrected chi connectivity index (χ2v) is 5.87. The molecule has 0 spiro atoms. The first-order valence-corrected chi connectivity index (χ1v) is 7.50. The number of anilines is 2. The Morgan fingerprint density at radius 2 is 2.24 bits per heavy atom. The summed E-state index contributed by atoms with van der Waals surface area (Å²) in [6.07, 6.45) is 7.37. The van der Waals surface area contributed by atoms with Crippen LogP contribution in [0.25, 0.3) is 0 Å². The maximum atomic E-state index is 5.77. The first-order chi connectivity index (χ1) is 8.19. The minimum absolute atomic E-state index is 0.566. The molecule has 1 aliphatic carbocycles. The van der Waals surface area contributed by atoms with Gasteiger partial charge < -0.3 is 11.1 Å². The van der Waals surface area contributed by atoms with Crippen LogP contribution in [0.3, 0.4) is 0 Å². The van der Waals surface area contributed by atoms with Crippen molar-refractivity contribution in [2.75, 3.05) is 17.3 Å².